The lowest BCUT2D eigenvalue weighted by atomic mass is 9.80. The van der Waals surface area contributed by atoms with E-state index in [1.165, 1.54) is 11.3 Å². The van der Waals surface area contributed by atoms with Crippen molar-refractivity contribution in [1.29, 1.82) is 0 Å². The fourth-order valence-electron chi connectivity index (χ4n) is 3.51. The highest BCUT2D eigenvalue weighted by Crippen LogP contribution is 2.47. The van der Waals surface area contributed by atoms with E-state index in [0.29, 0.717) is 5.69 Å². The molecule has 166 valence electrons. The summed E-state index contributed by atoms with van der Waals surface area (Å²) in [5, 5.41) is 12.3. The first-order valence-electron chi connectivity index (χ1n) is 10.0. The molecule has 0 bridgehead atoms. The van der Waals surface area contributed by atoms with Crippen LogP contribution in [0.5, 0.6) is 0 Å². The molecule has 1 aliphatic carbocycles. The summed E-state index contributed by atoms with van der Waals surface area (Å²) in [7, 11) is 0. The maximum absolute atomic E-state index is 13.7. The Morgan fingerprint density at radius 2 is 1.91 bits per heavy atom. The molecule has 0 aliphatic heterocycles. The third kappa shape index (κ3) is 4.84. The van der Waals surface area contributed by atoms with Crippen LogP contribution < -0.4 is 5.32 Å². The van der Waals surface area contributed by atoms with Gasteiger partial charge in [0.2, 0.25) is 5.91 Å². The highest BCUT2D eigenvalue weighted by molar-refractivity contribution is 7.15. The molecule has 32 heavy (non-hydrogen) atoms. The first-order chi connectivity index (χ1) is 15.3. The summed E-state index contributed by atoms with van der Waals surface area (Å²) in [4.78, 5) is 28.4. The van der Waals surface area contributed by atoms with Gasteiger partial charge in [-0.3, -0.25) is 4.79 Å². The number of halogens is 2. The number of ether oxygens (including phenoxy) is 1. The summed E-state index contributed by atoms with van der Waals surface area (Å²) in [6.07, 6.45) is 3.89. The van der Waals surface area contributed by atoms with Crippen LogP contribution in [-0.4, -0.2) is 28.6 Å². The maximum Gasteiger partial charge on any atom is 0.329 e. The van der Waals surface area contributed by atoms with Gasteiger partial charge in [-0.05, 0) is 55.2 Å². The monoisotopic (exact) mass is 458 g/mol. The summed E-state index contributed by atoms with van der Waals surface area (Å²) in [5.74, 6) is -2.69. The van der Waals surface area contributed by atoms with E-state index in [9.17, 15) is 18.4 Å². The summed E-state index contributed by atoms with van der Waals surface area (Å²) >= 11 is 1.45. The number of amides is 1. The minimum absolute atomic E-state index is 0.00801. The predicted octanol–water partition coefficient (Wildman–Crippen LogP) is 4.75. The van der Waals surface area contributed by atoms with Crippen molar-refractivity contribution in [1.82, 2.24) is 4.98 Å². The normalized spacial score (nSPS) is 14.6. The molecule has 1 amide bonds. The maximum atomic E-state index is 13.7. The van der Waals surface area contributed by atoms with Gasteiger partial charge in [-0.2, -0.15) is 0 Å². The van der Waals surface area contributed by atoms with Crippen LogP contribution >= 0.6 is 11.3 Å². The Morgan fingerprint density at radius 1 is 1.16 bits per heavy atom. The largest absolute Gasteiger partial charge is 0.480 e. The number of thiazole rings is 1. The average Bonchev–Trinajstić information content (AvgIpc) is 3.20. The molecule has 1 aliphatic rings. The van der Waals surface area contributed by atoms with Crippen molar-refractivity contribution in [2.75, 3.05) is 11.9 Å². The van der Waals surface area contributed by atoms with E-state index in [1.807, 2.05) is 12.1 Å². The zero-order valence-corrected chi connectivity index (χ0v) is 17.8. The number of carboxylic acids is 1. The van der Waals surface area contributed by atoms with E-state index in [0.717, 1.165) is 52.9 Å². The Morgan fingerprint density at radius 3 is 2.56 bits per heavy atom. The van der Waals surface area contributed by atoms with Crippen molar-refractivity contribution in [3.05, 3.63) is 70.9 Å². The Hall–Kier alpha value is -3.17. The first-order valence-corrected chi connectivity index (χ1v) is 10.8. The number of nitrogens with one attached hydrogen (secondary N) is 1. The molecule has 2 aromatic carbocycles. The SMILES string of the molecule is O=C(O)COC1(c2ncc(-c3ccc(NC(=O)Cc4cc(F)ccc4F)cc3)s2)CCC1. The van der Waals surface area contributed by atoms with Gasteiger partial charge in [0.25, 0.3) is 0 Å². The van der Waals surface area contributed by atoms with Crippen LogP contribution in [-0.2, 0) is 26.3 Å². The van der Waals surface area contributed by atoms with E-state index >= 15 is 0 Å². The third-order valence-corrected chi connectivity index (χ3v) is 6.57. The Kier molecular flexibility index (Phi) is 6.29. The number of carboxylic acid groups (broad SMARTS) is 1. The number of hydrogen-bond acceptors (Lipinski definition) is 5. The molecule has 0 saturated heterocycles. The molecule has 3 aromatic rings. The minimum atomic E-state index is -1.01. The Bertz CT molecular complexity index is 1140. The molecule has 4 rings (SSSR count). The summed E-state index contributed by atoms with van der Waals surface area (Å²) in [6, 6.07) is 10.1. The number of nitrogens with zero attached hydrogens (tertiary/aromatic N) is 1. The summed E-state index contributed by atoms with van der Waals surface area (Å²) in [5.41, 5.74) is 0.782. The molecule has 9 heteroatoms. The molecule has 0 radical (unpaired) electrons. The molecule has 2 N–H and O–H groups in total. The average molecular weight is 458 g/mol. The predicted molar refractivity (Wildman–Crippen MR) is 115 cm³/mol. The number of aromatic nitrogens is 1. The summed E-state index contributed by atoms with van der Waals surface area (Å²) in [6.45, 7) is -0.358. The van der Waals surface area contributed by atoms with Crippen molar-refractivity contribution in [2.24, 2.45) is 0 Å². The number of rotatable bonds is 8. The van der Waals surface area contributed by atoms with Crippen LogP contribution in [0.2, 0.25) is 0 Å². The fraction of sp³-hybridized carbons (Fsp3) is 0.261. The van der Waals surface area contributed by atoms with E-state index in [4.69, 9.17) is 9.84 Å². The Labute approximate surface area is 186 Å². The molecular formula is C23H20F2N2O4S. The van der Waals surface area contributed by atoms with Crippen LogP contribution in [0.3, 0.4) is 0 Å². The van der Waals surface area contributed by atoms with Gasteiger partial charge in [-0.1, -0.05) is 12.1 Å². The van der Waals surface area contributed by atoms with E-state index in [2.05, 4.69) is 10.3 Å². The Balaban J connectivity index is 1.41. The number of carbonyl (C=O) groups is 2. The third-order valence-electron chi connectivity index (χ3n) is 5.34. The van der Waals surface area contributed by atoms with Gasteiger partial charge in [0.05, 0.1) is 11.3 Å². The second-order valence-corrected chi connectivity index (χ2v) is 8.63. The number of anilines is 1. The van der Waals surface area contributed by atoms with Crippen LogP contribution in [0.4, 0.5) is 14.5 Å². The zero-order valence-electron chi connectivity index (χ0n) is 16.9. The second-order valence-electron chi connectivity index (χ2n) is 7.60. The number of carbonyl (C=O) groups excluding carboxylic acids is 1. The smallest absolute Gasteiger partial charge is 0.329 e. The van der Waals surface area contributed by atoms with Gasteiger partial charge < -0.3 is 15.2 Å². The van der Waals surface area contributed by atoms with Crippen molar-refractivity contribution in [3.63, 3.8) is 0 Å². The van der Waals surface area contributed by atoms with E-state index < -0.39 is 29.1 Å². The number of benzene rings is 2. The lowest BCUT2D eigenvalue weighted by molar-refractivity contribution is -0.159. The number of aliphatic carboxylic acids is 1. The first kappa shape index (κ1) is 22.0. The van der Waals surface area contributed by atoms with Crippen LogP contribution in [0, 0.1) is 11.6 Å². The topological polar surface area (TPSA) is 88.5 Å². The fourth-order valence-corrected chi connectivity index (χ4v) is 4.63. The highest BCUT2D eigenvalue weighted by atomic mass is 32.1. The molecule has 0 spiro atoms. The molecule has 1 fully saturated rings. The molecule has 0 atom stereocenters. The highest BCUT2D eigenvalue weighted by Gasteiger charge is 2.43. The van der Waals surface area contributed by atoms with Gasteiger partial charge in [0.1, 0.15) is 28.8 Å². The molecule has 6 nitrogen and oxygen atoms in total. The molecule has 0 unspecified atom stereocenters. The van der Waals surface area contributed by atoms with Crippen LogP contribution in [0.15, 0.2) is 48.7 Å². The van der Waals surface area contributed by atoms with E-state index in [-0.39, 0.29) is 18.6 Å². The molecule has 1 heterocycles. The van der Waals surface area contributed by atoms with Crippen molar-refractivity contribution in [2.45, 2.75) is 31.3 Å². The van der Waals surface area contributed by atoms with Crippen molar-refractivity contribution in [3.8, 4) is 10.4 Å². The molecular weight excluding hydrogens is 438 g/mol. The van der Waals surface area contributed by atoms with Crippen molar-refractivity contribution < 1.29 is 28.2 Å². The molecule has 1 saturated carbocycles. The standard InChI is InChI=1S/C23H20F2N2O4S/c24-16-4-7-18(25)15(10-16)11-20(28)27-17-5-2-14(3-6-17)19-12-26-22(32-19)23(8-1-9-23)31-13-21(29)30/h2-7,10,12H,1,8-9,11,13H2,(H,27,28)(H,29,30). The van der Waals surface area contributed by atoms with Gasteiger partial charge in [0.15, 0.2) is 0 Å². The quantitative estimate of drug-likeness (QED) is 0.509. The van der Waals surface area contributed by atoms with Gasteiger partial charge in [-0.15, -0.1) is 11.3 Å². The van der Waals surface area contributed by atoms with Crippen LogP contribution in [0.25, 0.3) is 10.4 Å². The lowest BCUT2D eigenvalue weighted by Crippen LogP contribution is -2.38. The van der Waals surface area contributed by atoms with Gasteiger partial charge >= 0.3 is 5.97 Å². The lowest BCUT2D eigenvalue weighted by Gasteiger charge is -2.39. The number of hydrogen-bond donors (Lipinski definition) is 2. The second kappa shape index (κ2) is 9.13. The minimum Gasteiger partial charge on any atom is -0.480 e. The molecule has 1 aromatic heterocycles. The van der Waals surface area contributed by atoms with Crippen molar-refractivity contribution >= 4 is 28.9 Å². The summed E-state index contributed by atoms with van der Waals surface area (Å²) < 4.78 is 32.6. The van der Waals surface area contributed by atoms with Gasteiger partial charge in [-0.25, -0.2) is 18.6 Å². The zero-order chi connectivity index (χ0) is 22.7. The van der Waals surface area contributed by atoms with Gasteiger partial charge in [0, 0.05) is 17.4 Å². The van der Waals surface area contributed by atoms with Crippen LogP contribution in [0.1, 0.15) is 29.8 Å². The van der Waals surface area contributed by atoms with E-state index in [1.54, 1.807) is 18.3 Å².